The number of carbonyl (C=O) groups is 2. The average Bonchev–Trinajstić information content (AvgIpc) is 2.45. The Kier molecular flexibility index (Phi) is 7.50. The van der Waals surface area contributed by atoms with Gasteiger partial charge in [0.25, 0.3) is 5.91 Å². The van der Waals surface area contributed by atoms with E-state index < -0.39 is 0 Å². The van der Waals surface area contributed by atoms with Crippen LogP contribution >= 0.6 is 11.8 Å². The number of esters is 1. The van der Waals surface area contributed by atoms with E-state index in [9.17, 15) is 9.59 Å². The molecular weight excluding hydrogens is 274 g/mol. The maximum absolute atomic E-state index is 11.4. The van der Waals surface area contributed by atoms with E-state index >= 15 is 0 Å². The Labute approximate surface area is 123 Å². The highest BCUT2D eigenvalue weighted by Gasteiger charge is 2.06. The number of nitrogens with one attached hydrogen (secondary N) is 1. The zero-order valence-electron chi connectivity index (χ0n) is 11.6. The number of aryl methyl sites for hydroxylation is 1. The van der Waals surface area contributed by atoms with Crippen LogP contribution in [0, 0.1) is 6.92 Å². The molecule has 0 heterocycles. The minimum Gasteiger partial charge on any atom is -0.456 e. The molecule has 5 heteroatoms. The lowest BCUT2D eigenvalue weighted by Gasteiger charge is -2.05. The Morgan fingerprint density at radius 2 is 2.05 bits per heavy atom. The normalized spacial score (nSPS) is 9.85. The molecule has 0 atom stereocenters. The summed E-state index contributed by atoms with van der Waals surface area (Å²) in [4.78, 5) is 23.7. The van der Waals surface area contributed by atoms with Crippen LogP contribution in [0.3, 0.4) is 0 Å². The summed E-state index contributed by atoms with van der Waals surface area (Å²) in [5, 5.41) is 2.54. The van der Waals surface area contributed by atoms with Gasteiger partial charge in [0.2, 0.25) is 0 Å². The third-order valence-corrected chi connectivity index (χ3v) is 3.42. The maximum atomic E-state index is 11.4. The van der Waals surface area contributed by atoms with Crippen molar-refractivity contribution in [1.29, 1.82) is 0 Å². The van der Waals surface area contributed by atoms with Gasteiger partial charge in [0, 0.05) is 17.2 Å². The number of hydrogen-bond donors (Lipinski definition) is 1. The third-order valence-electron chi connectivity index (χ3n) is 2.40. The van der Waals surface area contributed by atoms with Crippen LogP contribution in [0.2, 0.25) is 0 Å². The fraction of sp³-hybridized carbons (Fsp3) is 0.333. The molecule has 0 radical (unpaired) electrons. The summed E-state index contributed by atoms with van der Waals surface area (Å²) in [6.45, 7) is 5.65. The predicted octanol–water partition coefficient (Wildman–Crippen LogP) is 2.32. The molecule has 0 fully saturated rings. The van der Waals surface area contributed by atoms with Crippen LogP contribution < -0.4 is 5.32 Å². The molecular formula is C15H19NO3S. The highest BCUT2D eigenvalue weighted by atomic mass is 32.2. The molecule has 4 nitrogen and oxygen atoms in total. The number of benzene rings is 1. The van der Waals surface area contributed by atoms with E-state index in [1.54, 1.807) is 17.8 Å². The minimum absolute atomic E-state index is 0.234. The molecule has 1 rings (SSSR count). The van der Waals surface area contributed by atoms with Gasteiger partial charge in [-0.05, 0) is 19.1 Å². The molecule has 0 unspecified atom stereocenters. The molecule has 0 bridgehead atoms. The van der Waals surface area contributed by atoms with Crippen molar-refractivity contribution in [2.45, 2.75) is 18.2 Å². The molecule has 0 aliphatic carbocycles. The van der Waals surface area contributed by atoms with Gasteiger partial charge in [0.05, 0.1) is 6.42 Å². The van der Waals surface area contributed by atoms with Crippen molar-refractivity contribution in [3.05, 3.63) is 42.5 Å². The van der Waals surface area contributed by atoms with Gasteiger partial charge in [-0.2, -0.15) is 0 Å². The van der Waals surface area contributed by atoms with Gasteiger partial charge in [0.15, 0.2) is 6.61 Å². The van der Waals surface area contributed by atoms with Gasteiger partial charge in [-0.15, -0.1) is 18.3 Å². The summed E-state index contributed by atoms with van der Waals surface area (Å²) < 4.78 is 4.86. The first-order valence-corrected chi connectivity index (χ1v) is 7.33. The monoisotopic (exact) mass is 293 g/mol. The smallest absolute Gasteiger partial charge is 0.307 e. The quantitative estimate of drug-likeness (QED) is 0.454. The Hall–Kier alpha value is -1.75. The topological polar surface area (TPSA) is 55.4 Å². The van der Waals surface area contributed by atoms with E-state index in [0.29, 0.717) is 12.3 Å². The van der Waals surface area contributed by atoms with Gasteiger partial charge in [-0.1, -0.05) is 23.8 Å². The van der Waals surface area contributed by atoms with Gasteiger partial charge in [-0.3, -0.25) is 9.59 Å². The molecule has 0 saturated heterocycles. The molecule has 20 heavy (non-hydrogen) atoms. The largest absolute Gasteiger partial charge is 0.456 e. The molecule has 108 valence electrons. The Morgan fingerprint density at radius 3 is 2.70 bits per heavy atom. The molecule has 1 aromatic carbocycles. The lowest BCUT2D eigenvalue weighted by molar-refractivity contribution is -0.148. The number of ether oxygens (including phenoxy) is 1. The molecule has 0 aromatic heterocycles. The first kappa shape index (κ1) is 16.3. The van der Waals surface area contributed by atoms with E-state index in [0.717, 1.165) is 4.90 Å². The highest BCUT2D eigenvalue weighted by Crippen LogP contribution is 2.19. The third kappa shape index (κ3) is 6.99. The van der Waals surface area contributed by atoms with Crippen LogP contribution in [-0.4, -0.2) is 30.8 Å². The van der Waals surface area contributed by atoms with Crippen molar-refractivity contribution in [2.24, 2.45) is 0 Å². The van der Waals surface area contributed by atoms with Crippen LogP contribution in [-0.2, 0) is 14.3 Å². The first-order valence-electron chi connectivity index (χ1n) is 6.34. The van der Waals surface area contributed by atoms with E-state index in [1.165, 1.54) is 5.56 Å². The minimum atomic E-state index is -0.363. The van der Waals surface area contributed by atoms with E-state index in [1.807, 2.05) is 31.2 Å². The second-order valence-electron chi connectivity index (χ2n) is 4.16. The summed E-state index contributed by atoms with van der Waals surface area (Å²) >= 11 is 1.59. The van der Waals surface area contributed by atoms with Crippen LogP contribution in [0.1, 0.15) is 12.0 Å². The Bertz CT molecular complexity index is 457. The number of carbonyl (C=O) groups excluding carboxylic acids is 2. The van der Waals surface area contributed by atoms with Gasteiger partial charge >= 0.3 is 5.97 Å². The van der Waals surface area contributed by atoms with E-state index in [2.05, 4.69) is 11.9 Å². The number of rotatable bonds is 8. The summed E-state index contributed by atoms with van der Waals surface area (Å²) in [7, 11) is 0. The predicted molar refractivity (Wildman–Crippen MR) is 80.7 cm³/mol. The average molecular weight is 293 g/mol. The second-order valence-corrected chi connectivity index (χ2v) is 5.33. The van der Waals surface area contributed by atoms with Gasteiger partial charge in [0.1, 0.15) is 0 Å². The lowest BCUT2D eigenvalue weighted by atomic mass is 10.2. The molecule has 0 spiro atoms. The van der Waals surface area contributed by atoms with Crippen molar-refractivity contribution < 1.29 is 14.3 Å². The molecule has 1 N–H and O–H groups in total. The van der Waals surface area contributed by atoms with Crippen LogP contribution in [0.15, 0.2) is 41.8 Å². The first-order chi connectivity index (χ1) is 9.61. The number of amides is 1. The SMILES string of the molecule is C=CCNC(=O)COC(=O)CCSc1ccc(C)cc1. The van der Waals surface area contributed by atoms with Gasteiger partial charge in [-0.25, -0.2) is 0 Å². The summed E-state index contributed by atoms with van der Waals surface area (Å²) in [5.74, 6) is -0.0429. The molecule has 1 amide bonds. The van der Waals surface area contributed by atoms with Crippen molar-refractivity contribution in [3.63, 3.8) is 0 Å². The van der Waals surface area contributed by atoms with E-state index in [-0.39, 0.29) is 24.9 Å². The van der Waals surface area contributed by atoms with Crippen molar-refractivity contribution in [3.8, 4) is 0 Å². The lowest BCUT2D eigenvalue weighted by Crippen LogP contribution is -2.28. The Balaban J connectivity index is 2.15. The van der Waals surface area contributed by atoms with Crippen LogP contribution in [0.5, 0.6) is 0 Å². The molecule has 0 saturated carbocycles. The number of thioether (sulfide) groups is 1. The zero-order chi connectivity index (χ0) is 14.8. The van der Waals surface area contributed by atoms with Crippen LogP contribution in [0.4, 0.5) is 0 Å². The summed E-state index contributed by atoms with van der Waals surface area (Å²) in [6.07, 6.45) is 1.85. The maximum Gasteiger partial charge on any atom is 0.307 e. The zero-order valence-corrected chi connectivity index (χ0v) is 12.4. The fourth-order valence-corrected chi connectivity index (χ4v) is 2.17. The van der Waals surface area contributed by atoms with Gasteiger partial charge < -0.3 is 10.1 Å². The molecule has 1 aromatic rings. The summed E-state index contributed by atoms with van der Waals surface area (Å²) in [5.41, 5.74) is 1.21. The van der Waals surface area contributed by atoms with E-state index in [4.69, 9.17) is 4.74 Å². The number of hydrogen-bond acceptors (Lipinski definition) is 4. The fourth-order valence-electron chi connectivity index (χ4n) is 1.34. The standard InChI is InChI=1S/C15H19NO3S/c1-3-9-16-14(17)11-19-15(18)8-10-20-13-6-4-12(2)5-7-13/h3-7H,1,8-11H2,2H3,(H,16,17). The molecule has 0 aliphatic rings. The van der Waals surface area contributed by atoms with Crippen molar-refractivity contribution >= 4 is 23.6 Å². The van der Waals surface area contributed by atoms with Crippen molar-refractivity contribution in [2.75, 3.05) is 18.9 Å². The second kappa shape index (κ2) is 9.20. The highest BCUT2D eigenvalue weighted by molar-refractivity contribution is 7.99. The molecule has 0 aliphatic heterocycles. The van der Waals surface area contributed by atoms with Crippen molar-refractivity contribution in [1.82, 2.24) is 5.32 Å². The summed E-state index contributed by atoms with van der Waals surface area (Å²) in [6, 6.07) is 8.11. The van der Waals surface area contributed by atoms with Crippen LogP contribution in [0.25, 0.3) is 0 Å². The Morgan fingerprint density at radius 1 is 1.35 bits per heavy atom.